The number of hydrogen-bond donors (Lipinski definition) is 0. The van der Waals surface area contributed by atoms with Crippen molar-refractivity contribution in [2.24, 2.45) is 11.8 Å². The summed E-state index contributed by atoms with van der Waals surface area (Å²) in [5.41, 5.74) is 0.632. The molecule has 0 N–H and O–H groups in total. The third kappa shape index (κ3) is 2.41. The fourth-order valence-electron chi connectivity index (χ4n) is 3.26. The predicted octanol–water partition coefficient (Wildman–Crippen LogP) is 3.04. The second kappa shape index (κ2) is 5.11. The second-order valence-corrected chi connectivity index (χ2v) is 5.33. The van der Waals surface area contributed by atoms with Gasteiger partial charge >= 0.3 is 0 Å². The molecule has 3 nitrogen and oxygen atoms in total. The van der Waals surface area contributed by atoms with Crippen LogP contribution >= 0.6 is 0 Å². The van der Waals surface area contributed by atoms with Crippen LogP contribution < -0.4 is 4.74 Å². The van der Waals surface area contributed by atoms with Crippen LogP contribution in [0.2, 0.25) is 0 Å². The van der Waals surface area contributed by atoms with E-state index in [1.807, 2.05) is 12.1 Å². The van der Waals surface area contributed by atoms with Gasteiger partial charge in [0, 0.05) is 5.56 Å². The molecule has 0 radical (unpaired) electrons. The zero-order chi connectivity index (χ0) is 12.4. The van der Waals surface area contributed by atoms with Gasteiger partial charge in [0.25, 0.3) is 0 Å². The maximum Gasteiger partial charge on any atom is 0.189 e. The first-order valence-electron chi connectivity index (χ1n) is 6.65. The van der Waals surface area contributed by atoms with Gasteiger partial charge in [0.1, 0.15) is 12.0 Å². The summed E-state index contributed by atoms with van der Waals surface area (Å²) < 4.78 is 11.3. The summed E-state index contributed by atoms with van der Waals surface area (Å²) in [6, 6.07) is 7.15. The summed E-state index contributed by atoms with van der Waals surface area (Å²) in [6.45, 7) is 0.288. The van der Waals surface area contributed by atoms with E-state index in [4.69, 9.17) is 9.47 Å². The van der Waals surface area contributed by atoms with E-state index >= 15 is 0 Å². The monoisotopic (exact) mass is 246 g/mol. The molecule has 2 aliphatic rings. The first kappa shape index (κ1) is 11.7. The molecule has 2 saturated carbocycles. The number of ether oxygens (including phenoxy) is 2. The summed E-state index contributed by atoms with van der Waals surface area (Å²) in [6.07, 6.45) is 6.44. The number of aldehydes is 1. The van der Waals surface area contributed by atoms with Crippen LogP contribution in [0, 0.1) is 11.8 Å². The summed E-state index contributed by atoms with van der Waals surface area (Å²) in [5, 5.41) is 0. The van der Waals surface area contributed by atoms with E-state index in [1.165, 1.54) is 25.7 Å². The molecule has 0 unspecified atom stereocenters. The Bertz CT molecular complexity index is 430. The molecule has 1 aromatic rings. The van der Waals surface area contributed by atoms with Crippen LogP contribution in [0.5, 0.6) is 5.75 Å². The first-order chi connectivity index (χ1) is 8.85. The number of fused-ring (bicyclic) bond motifs is 2. The lowest BCUT2D eigenvalue weighted by Gasteiger charge is -2.22. The van der Waals surface area contributed by atoms with Crippen LogP contribution in [0.1, 0.15) is 36.0 Å². The standard InChI is InChI=1S/C15H18O3/c16-9-12-2-1-3-14(7-12)17-10-18-15-8-11-4-5-13(15)6-11/h1-3,7,9,11,13,15H,4-6,8,10H2/t11-,13-,15-/m0/s1. The van der Waals surface area contributed by atoms with E-state index in [0.29, 0.717) is 17.4 Å². The fourth-order valence-corrected chi connectivity index (χ4v) is 3.26. The molecule has 96 valence electrons. The van der Waals surface area contributed by atoms with E-state index in [1.54, 1.807) is 12.1 Å². The molecule has 0 saturated heterocycles. The average molecular weight is 246 g/mol. The van der Waals surface area contributed by atoms with Gasteiger partial charge in [-0.25, -0.2) is 0 Å². The maximum absolute atomic E-state index is 10.6. The molecule has 2 fully saturated rings. The van der Waals surface area contributed by atoms with Crippen molar-refractivity contribution in [2.45, 2.75) is 31.8 Å². The highest BCUT2D eigenvalue weighted by Gasteiger charge is 2.40. The van der Waals surface area contributed by atoms with Crippen LogP contribution in [-0.4, -0.2) is 19.2 Å². The summed E-state index contributed by atoms with van der Waals surface area (Å²) in [7, 11) is 0. The van der Waals surface area contributed by atoms with E-state index in [0.717, 1.165) is 18.1 Å². The Labute approximate surface area is 107 Å². The van der Waals surface area contributed by atoms with Crippen molar-refractivity contribution < 1.29 is 14.3 Å². The van der Waals surface area contributed by atoms with Crippen LogP contribution in [0.4, 0.5) is 0 Å². The topological polar surface area (TPSA) is 35.5 Å². The van der Waals surface area contributed by atoms with Gasteiger partial charge in [-0.15, -0.1) is 0 Å². The van der Waals surface area contributed by atoms with Crippen LogP contribution in [0.15, 0.2) is 24.3 Å². The molecule has 0 amide bonds. The van der Waals surface area contributed by atoms with Crippen LogP contribution in [0.25, 0.3) is 0 Å². The molecule has 18 heavy (non-hydrogen) atoms. The third-order valence-electron chi connectivity index (χ3n) is 4.18. The number of carbonyl (C=O) groups is 1. The molecule has 2 aliphatic carbocycles. The Balaban J connectivity index is 1.48. The lowest BCUT2D eigenvalue weighted by atomic mass is 9.98. The van der Waals surface area contributed by atoms with Crippen molar-refractivity contribution in [3.8, 4) is 5.75 Å². The Hall–Kier alpha value is -1.35. The van der Waals surface area contributed by atoms with Crippen molar-refractivity contribution in [2.75, 3.05) is 6.79 Å². The molecular formula is C15H18O3. The SMILES string of the molecule is O=Cc1cccc(OCO[C@H]2C[C@H]3CC[C@H]2C3)c1. The fraction of sp³-hybridized carbons (Fsp3) is 0.533. The summed E-state index contributed by atoms with van der Waals surface area (Å²) in [4.78, 5) is 10.6. The highest BCUT2D eigenvalue weighted by molar-refractivity contribution is 5.75. The Morgan fingerprint density at radius 3 is 2.94 bits per heavy atom. The number of carbonyl (C=O) groups excluding carboxylic acids is 1. The van der Waals surface area contributed by atoms with Crippen LogP contribution in [-0.2, 0) is 4.74 Å². The van der Waals surface area contributed by atoms with Crippen molar-refractivity contribution >= 4 is 6.29 Å². The van der Waals surface area contributed by atoms with Gasteiger partial charge in [-0.05, 0) is 49.7 Å². The van der Waals surface area contributed by atoms with E-state index in [-0.39, 0.29) is 6.79 Å². The minimum Gasteiger partial charge on any atom is -0.468 e. The van der Waals surface area contributed by atoms with Gasteiger partial charge in [0.2, 0.25) is 0 Å². The third-order valence-corrected chi connectivity index (χ3v) is 4.18. The molecule has 1 aromatic carbocycles. The molecule has 0 aromatic heterocycles. The molecule has 3 heteroatoms. The lowest BCUT2D eigenvalue weighted by Crippen LogP contribution is -2.22. The molecule has 3 atom stereocenters. The Kier molecular flexibility index (Phi) is 3.33. The quantitative estimate of drug-likeness (QED) is 0.591. The largest absolute Gasteiger partial charge is 0.468 e. The minimum absolute atomic E-state index is 0.288. The average Bonchev–Trinajstić information content (AvgIpc) is 3.01. The lowest BCUT2D eigenvalue weighted by molar-refractivity contribution is -0.0577. The smallest absolute Gasteiger partial charge is 0.189 e. The minimum atomic E-state index is 0.288. The molecule has 3 rings (SSSR count). The molecule has 0 heterocycles. The highest BCUT2D eigenvalue weighted by atomic mass is 16.7. The van der Waals surface area contributed by atoms with Crippen molar-refractivity contribution in [1.82, 2.24) is 0 Å². The predicted molar refractivity (Wildman–Crippen MR) is 67.6 cm³/mol. The van der Waals surface area contributed by atoms with Gasteiger partial charge in [0.15, 0.2) is 6.79 Å². The zero-order valence-electron chi connectivity index (χ0n) is 10.4. The molecule has 0 aliphatic heterocycles. The number of hydrogen-bond acceptors (Lipinski definition) is 3. The second-order valence-electron chi connectivity index (χ2n) is 5.33. The number of rotatable bonds is 5. The van der Waals surface area contributed by atoms with Crippen molar-refractivity contribution in [3.63, 3.8) is 0 Å². The normalized spacial score (nSPS) is 29.4. The molecular weight excluding hydrogens is 228 g/mol. The summed E-state index contributed by atoms with van der Waals surface area (Å²) in [5.74, 6) is 2.33. The van der Waals surface area contributed by atoms with Gasteiger partial charge in [-0.3, -0.25) is 4.79 Å². The van der Waals surface area contributed by atoms with E-state index < -0.39 is 0 Å². The van der Waals surface area contributed by atoms with E-state index in [9.17, 15) is 4.79 Å². The van der Waals surface area contributed by atoms with Gasteiger partial charge < -0.3 is 9.47 Å². The van der Waals surface area contributed by atoms with Crippen molar-refractivity contribution in [3.05, 3.63) is 29.8 Å². The number of benzene rings is 1. The molecule has 2 bridgehead atoms. The first-order valence-corrected chi connectivity index (χ1v) is 6.65. The van der Waals surface area contributed by atoms with Crippen LogP contribution in [0.3, 0.4) is 0 Å². The van der Waals surface area contributed by atoms with Gasteiger partial charge in [-0.1, -0.05) is 12.1 Å². The molecule has 0 spiro atoms. The zero-order valence-corrected chi connectivity index (χ0v) is 10.4. The maximum atomic E-state index is 10.6. The van der Waals surface area contributed by atoms with E-state index in [2.05, 4.69) is 0 Å². The summed E-state index contributed by atoms with van der Waals surface area (Å²) >= 11 is 0. The Morgan fingerprint density at radius 2 is 2.22 bits per heavy atom. The van der Waals surface area contributed by atoms with Gasteiger partial charge in [0.05, 0.1) is 6.10 Å². The Morgan fingerprint density at radius 1 is 1.28 bits per heavy atom. The van der Waals surface area contributed by atoms with Gasteiger partial charge in [-0.2, -0.15) is 0 Å². The van der Waals surface area contributed by atoms with Crippen molar-refractivity contribution in [1.29, 1.82) is 0 Å². The highest BCUT2D eigenvalue weighted by Crippen LogP contribution is 2.45.